The van der Waals surface area contributed by atoms with Gasteiger partial charge in [-0.1, -0.05) is 47.0 Å². The largest absolute Gasteiger partial charge is 0.274 e. The summed E-state index contributed by atoms with van der Waals surface area (Å²) in [5.74, 6) is 5.17. The van der Waals surface area contributed by atoms with E-state index in [1.165, 1.54) is 75.5 Å². The molecular weight excluding hydrogens is 486 g/mol. The van der Waals surface area contributed by atoms with E-state index in [0.29, 0.717) is 22.7 Å². The van der Waals surface area contributed by atoms with Crippen molar-refractivity contribution in [1.29, 1.82) is 0 Å². The standard InChI is InChI=1S/C30H47NO3S2/c1-5-21-18-23-26-11-10-24(20(2)9-12-28(32)31-36(33,34)22-14-17-35-19-22)30(26,4)16-13-27(23)29(3)15-7-6-8-25(21)29/h14,17,19-21,23-27H,5-13,15-16,18H2,1-4H3,(H,31,32)/t20-,21+,23?,24-,25+,26?,27?,29+,30-/m1/s1. The van der Waals surface area contributed by atoms with Gasteiger partial charge in [-0.25, -0.2) is 13.1 Å². The third-order valence-electron chi connectivity index (χ3n) is 11.9. The number of hydrogen-bond acceptors (Lipinski definition) is 4. The molecule has 6 heteroatoms. The molecule has 4 nitrogen and oxygen atoms in total. The quantitative estimate of drug-likeness (QED) is 0.391. The zero-order valence-electron chi connectivity index (χ0n) is 22.8. The van der Waals surface area contributed by atoms with Crippen LogP contribution in [0.4, 0.5) is 0 Å². The van der Waals surface area contributed by atoms with Gasteiger partial charge in [0.1, 0.15) is 0 Å². The molecule has 0 bridgehead atoms. The third kappa shape index (κ3) is 4.50. The van der Waals surface area contributed by atoms with Crippen molar-refractivity contribution >= 4 is 27.3 Å². The molecule has 0 aromatic carbocycles. The van der Waals surface area contributed by atoms with Gasteiger partial charge < -0.3 is 0 Å². The van der Waals surface area contributed by atoms with Crippen molar-refractivity contribution in [2.24, 2.45) is 52.3 Å². The molecule has 1 heterocycles. The number of hydrogen-bond donors (Lipinski definition) is 1. The molecule has 0 saturated heterocycles. The van der Waals surface area contributed by atoms with Crippen LogP contribution in [0.2, 0.25) is 0 Å². The lowest BCUT2D eigenvalue weighted by Crippen LogP contribution is -2.55. The number of carbonyl (C=O) groups excluding carboxylic acids is 1. The highest BCUT2D eigenvalue weighted by molar-refractivity contribution is 7.90. The number of nitrogens with one attached hydrogen (secondary N) is 1. The van der Waals surface area contributed by atoms with E-state index in [0.717, 1.165) is 36.0 Å². The maximum absolute atomic E-state index is 12.6. The maximum atomic E-state index is 12.6. The van der Waals surface area contributed by atoms with E-state index in [2.05, 4.69) is 32.4 Å². The fraction of sp³-hybridized carbons (Fsp3) is 0.833. The average molecular weight is 534 g/mol. The highest BCUT2D eigenvalue weighted by Crippen LogP contribution is 2.69. The molecule has 202 valence electrons. The molecule has 0 spiro atoms. The molecule has 4 aliphatic rings. The summed E-state index contributed by atoms with van der Waals surface area (Å²) in [6, 6.07) is 1.54. The molecule has 4 fully saturated rings. The first-order valence-corrected chi connectivity index (χ1v) is 17.1. The Balaban J connectivity index is 1.25. The average Bonchev–Trinajstić information content (AvgIpc) is 3.50. The first-order chi connectivity index (χ1) is 17.1. The van der Waals surface area contributed by atoms with Crippen LogP contribution in [0, 0.1) is 52.3 Å². The fourth-order valence-corrected chi connectivity index (χ4v) is 12.3. The van der Waals surface area contributed by atoms with Crippen LogP contribution in [0.25, 0.3) is 0 Å². The Bertz CT molecular complexity index is 1040. The summed E-state index contributed by atoms with van der Waals surface area (Å²) in [5, 5.41) is 3.29. The Hall–Kier alpha value is -0.880. The topological polar surface area (TPSA) is 63.2 Å². The molecule has 1 amide bonds. The van der Waals surface area contributed by atoms with E-state index in [9.17, 15) is 13.2 Å². The first kappa shape index (κ1) is 26.7. The van der Waals surface area contributed by atoms with Crippen molar-refractivity contribution in [3.63, 3.8) is 0 Å². The van der Waals surface area contributed by atoms with Gasteiger partial charge in [0.2, 0.25) is 5.91 Å². The van der Waals surface area contributed by atoms with Gasteiger partial charge in [-0.15, -0.1) is 0 Å². The van der Waals surface area contributed by atoms with Gasteiger partial charge in [0.15, 0.2) is 0 Å². The highest BCUT2D eigenvalue weighted by Gasteiger charge is 2.61. The molecule has 3 unspecified atom stereocenters. The summed E-state index contributed by atoms with van der Waals surface area (Å²) >= 11 is 1.32. The smallest absolute Gasteiger partial charge is 0.264 e. The molecule has 5 rings (SSSR count). The SMILES string of the molecule is CC[C@H]1CC2C3CC[C@H]([C@H](C)CCC(=O)NS(=O)(=O)c4ccsc4)[C@@]3(C)CCC2[C@@]2(C)CCCC[C@@H]12. The first-order valence-electron chi connectivity index (χ1n) is 14.7. The summed E-state index contributed by atoms with van der Waals surface area (Å²) in [4.78, 5) is 12.8. The van der Waals surface area contributed by atoms with E-state index >= 15 is 0 Å². The highest BCUT2D eigenvalue weighted by atomic mass is 32.2. The van der Waals surface area contributed by atoms with Crippen LogP contribution < -0.4 is 4.72 Å². The van der Waals surface area contributed by atoms with E-state index in [1.54, 1.807) is 16.8 Å². The number of fused-ring (bicyclic) bond motifs is 5. The predicted octanol–water partition coefficient (Wildman–Crippen LogP) is 7.65. The van der Waals surface area contributed by atoms with Crippen LogP contribution in [0.15, 0.2) is 21.7 Å². The Kier molecular flexibility index (Phi) is 7.44. The zero-order valence-corrected chi connectivity index (χ0v) is 24.4. The van der Waals surface area contributed by atoms with E-state index in [-0.39, 0.29) is 17.2 Å². The molecule has 9 atom stereocenters. The van der Waals surface area contributed by atoms with Crippen molar-refractivity contribution in [2.45, 2.75) is 110 Å². The second kappa shape index (κ2) is 10.0. The molecule has 4 aliphatic carbocycles. The number of thiophene rings is 1. The van der Waals surface area contributed by atoms with Gasteiger partial charge in [0.25, 0.3) is 10.0 Å². The normalized spacial score (nSPS) is 41.1. The van der Waals surface area contributed by atoms with Crippen molar-refractivity contribution < 1.29 is 13.2 Å². The minimum atomic E-state index is -3.74. The number of rotatable bonds is 7. The van der Waals surface area contributed by atoms with Gasteiger partial charge in [0, 0.05) is 11.8 Å². The van der Waals surface area contributed by atoms with E-state index < -0.39 is 10.0 Å². The summed E-state index contributed by atoms with van der Waals surface area (Å²) in [6.07, 6.45) is 15.0. The Labute approximate surface area is 223 Å². The number of carbonyl (C=O) groups is 1. The monoisotopic (exact) mass is 533 g/mol. The Morgan fingerprint density at radius 2 is 1.86 bits per heavy atom. The zero-order chi connectivity index (χ0) is 25.7. The molecule has 36 heavy (non-hydrogen) atoms. The van der Waals surface area contributed by atoms with Gasteiger partial charge >= 0.3 is 0 Å². The van der Waals surface area contributed by atoms with Gasteiger partial charge in [-0.3, -0.25) is 4.79 Å². The van der Waals surface area contributed by atoms with Crippen LogP contribution in [-0.4, -0.2) is 14.3 Å². The minimum absolute atomic E-state index is 0.184. The number of sulfonamides is 1. The molecule has 4 saturated carbocycles. The Morgan fingerprint density at radius 1 is 1.08 bits per heavy atom. The molecule has 1 aromatic rings. The molecule has 1 N–H and O–H groups in total. The van der Waals surface area contributed by atoms with Crippen molar-refractivity contribution in [2.75, 3.05) is 0 Å². The van der Waals surface area contributed by atoms with Crippen LogP contribution >= 0.6 is 11.3 Å². The lowest BCUT2D eigenvalue weighted by atomic mass is 9.42. The van der Waals surface area contributed by atoms with Crippen molar-refractivity contribution in [1.82, 2.24) is 4.72 Å². The molecule has 1 aromatic heterocycles. The summed E-state index contributed by atoms with van der Waals surface area (Å²) in [5.41, 5.74) is 0.925. The minimum Gasteiger partial charge on any atom is -0.274 e. The summed E-state index contributed by atoms with van der Waals surface area (Å²) in [7, 11) is -3.74. The fourth-order valence-electron chi connectivity index (χ4n) is 10.2. The maximum Gasteiger partial charge on any atom is 0.264 e. The molecular formula is C30H47NO3S2. The summed E-state index contributed by atoms with van der Waals surface area (Å²) < 4.78 is 27.1. The van der Waals surface area contributed by atoms with E-state index in [4.69, 9.17) is 0 Å². The lowest BCUT2D eigenvalue weighted by Gasteiger charge is -2.63. The van der Waals surface area contributed by atoms with Crippen molar-refractivity contribution in [3.8, 4) is 0 Å². The van der Waals surface area contributed by atoms with Gasteiger partial charge in [-0.2, -0.15) is 11.3 Å². The Morgan fingerprint density at radius 3 is 2.58 bits per heavy atom. The van der Waals surface area contributed by atoms with Gasteiger partial charge in [-0.05, 0) is 115 Å². The second-order valence-electron chi connectivity index (χ2n) is 13.4. The van der Waals surface area contributed by atoms with Gasteiger partial charge in [0.05, 0.1) is 4.90 Å². The van der Waals surface area contributed by atoms with Crippen LogP contribution in [0.3, 0.4) is 0 Å². The molecule has 0 radical (unpaired) electrons. The van der Waals surface area contributed by atoms with Crippen LogP contribution in [0.1, 0.15) is 105 Å². The third-order valence-corrected chi connectivity index (χ3v) is 14.1. The predicted molar refractivity (Wildman–Crippen MR) is 147 cm³/mol. The lowest BCUT2D eigenvalue weighted by molar-refractivity contribution is -0.138. The van der Waals surface area contributed by atoms with Crippen LogP contribution in [-0.2, 0) is 14.8 Å². The van der Waals surface area contributed by atoms with E-state index in [1.807, 2.05) is 0 Å². The van der Waals surface area contributed by atoms with Crippen LogP contribution in [0.5, 0.6) is 0 Å². The second-order valence-corrected chi connectivity index (χ2v) is 15.8. The number of amides is 1. The summed E-state index contributed by atoms with van der Waals surface area (Å²) in [6.45, 7) is 10.0. The molecule has 0 aliphatic heterocycles. The van der Waals surface area contributed by atoms with Crippen molar-refractivity contribution in [3.05, 3.63) is 16.8 Å².